The number of aliphatic hydroxyl groups is 1. The molecule has 23 heavy (non-hydrogen) atoms. The Labute approximate surface area is 141 Å². The molecule has 0 fully saturated rings. The topological polar surface area (TPSA) is 52.5 Å². The van der Waals surface area contributed by atoms with Gasteiger partial charge in [0.2, 0.25) is 0 Å². The molecule has 4 heteroatoms. The summed E-state index contributed by atoms with van der Waals surface area (Å²) in [5, 5.41) is 24.2. The molecular formula is C19H22ClNO2. The SMILES string of the molecule is Oc1cccc2c1CC(CNCC(O)c1cccc(Cl)c1)CC2. The van der Waals surface area contributed by atoms with Crippen LogP contribution in [-0.4, -0.2) is 23.3 Å². The van der Waals surface area contributed by atoms with Crippen molar-refractivity contribution in [2.75, 3.05) is 13.1 Å². The lowest BCUT2D eigenvalue weighted by Crippen LogP contribution is -2.30. The van der Waals surface area contributed by atoms with Gasteiger partial charge in [-0.1, -0.05) is 35.9 Å². The lowest BCUT2D eigenvalue weighted by Gasteiger charge is -2.26. The van der Waals surface area contributed by atoms with Crippen LogP contribution >= 0.6 is 11.6 Å². The Morgan fingerprint density at radius 2 is 2.04 bits per heavy atom. The van der Waals surface area contributed by atoms with Gasteiger partial charge < -0.3 is 15.5 Å². The number of aliphatic hydroxyl groups excluding tert-OH is 1. The largest absolute Gasteiger partial charge is 0.508 e. The Morgan fingerprint density at radius 3 is 2.87 bits per heavy atom. The molecule has 2 aromatic rings. The molecule has 3 nitrogen and oxygen atoms in total. The Morgan fingerprint density at radius 1 is 1.22 bits per heavy atom. The van der Waals surface area contributed by atoms with Gasteiger partial charge in [-0.05, 0) is 66.6 Å². The van der Waals surface area contributed by atoms with Crippen molar-refractivity contribution in [1.82, 2.24) is 5.32 Å². The number of aryl methyl sites for hydroxylation is 1. The highest BCUT2D eigenvalue weighted by molar-refractivity contribution is 6.30. The van der Waals surface area contributed by atoms with Gasteiger partial charge in [0.15, 0.2) is 0 Å². The van der Waals surface area contributed by atoms with E-state index in [1.54, 1.807) is 18.2 Å². The van der Waals surface area contributed by atoms with Crippen molar-refractivity contribution < 1.29 is 10.2 Å². The number of rotatable bonds is 5. The molecule has 2 aromatic carbocycles. The number of phenolic OH excluding ortho intramolecular Hbond substituents is 1. The summed E-state index contributed by atoms with van der Waals surface area (Å²) in [6.07, 6.45) is 2.45. The maximum atomic E-state index is 10.2. The van der Waals surface area contributed by atoms with E-state index in [4.69, 9.17) is 11.6 Å². The van der Waals surface area contributed by atoms with Crippen molar-refractivity contribution in [3.63, 3.8) is 0 Å². The van der Waals surface area contributed by atoms with Crippen LogP contribution in [0.5, 0.6) is 5.75 Å². The fourth-order valence-electron chi connectivity index (χ4n) is 3.27. The van der Waals surface area contributed by atoms with Crippen LogP contribution in [0, 0.1) is 5.92 Å². The first-order valence-electron chi connectivity index (χ1n) is 8.07. The number of aromatic hydroxyl groups is 1. The number of halogens is 1. The van der Waals surface area contributed by atoms with Gasteiger partial charge in [-0.25, -0.2) is 0 Å². The summed E-state index contributed by atoms with van der Waals surface area (Å²) >= 11 is 5.95. The summed E-state index contributed by atoms with van der Waals surface area (Å²) in [6.45, 7) is 1.34. The van der Waals surface area contributed by atoms with Crippen LogP contribution in [0.1, 0.15) is 29.2 Å². The molecule has 0 saturated heterocycles. The van der Waals surface area contributed by atoms with Gasteiger partial charge >= 0.3 is 0 Å². The molecule has 0 aliphatic heterocycles. The summed E-state index contributed by atoms with van der Waals surface area (Å²) < 4.78 is 0. The summed E-state index contributed by atoms with van der Waals surface area (Å²) in [6, 6.07) is 13.1. The van der Waals surface area contributed by atoms with Crippen molar-refractivity contribution in [3.8, 4) is 5.75 Å². The number of hydrogen-bond acceptors (Lipinski definition) is 3. The van der Waals surface area contributed by atoms with E-state index in [1.165, 1.54) is 5.56 Å². The summed E-state index contributed by atoms with van der Waals surface area (Å²) in [5.41, 5.74) is 3.18. The first-order chi connectivity index (χ1) is 11.1. The third-order valence-electron chi connectivity index (χ3n) is 4.57. The molecule has 0 heterocycles. The maximum Gasteiger partial charge on any atom is 0.119 e. The minimum absolute atomic E-state index is 0.408. The van der Waals surface area contributed by atoms with Crippen LogP contribution in [0.2, 0.25) is 5.02 Å². The Balaban J connectivity index is 1.51. The second-order valence-electron chi connectivity index (χ2n) is 6.25. The van der Waals surface area contributed by atoms with Crippen LogP contribution in [0.15, 0.2) is 42.5 Å². The smallest absolute Gasteiger partial charge is 0.119 e. The van der Waals surface area contributed by atoms with Gasteiger partial charge in [-0.2, -0.15) is 0 Å². The molecular weight excluding hydrogens is 310 g/mol. The molecule has 1 aliphatic carbocycles. The predicted molar refractivity (Wildman–Crippen MR) is 92.9 cm³/mol. The molecule has 3 N–H and O–H groups in total. The third kappa shape index (κ3) is 4.05. The van der Waals surface area contributed by atoms with E-state index in [9.17, 15) is 10.2 Å². The van der Waals surface area contributed by atoms with Crippen LogP contribution in [0.3, 0.4) is 0 Å². The molecule has 0 bridgehead atoms. The summed E-state index contributed by atoms with van der Waals surface area (Å²) in [4.78, 5) is 0. The molecule has 1 aliphatic rings. The fourth-order valence-corrected chi connectivity index (χ4v) is 3.47. The van der Waals surface area contributed by atoms with E-state index in [0.29, 0.717) is 23.2 Å². The minimum Gasteiger partial charge on any atom is -0.508 e. The van der Waals surface area contributed by atoms with Gasteiger partial charge in [0.25, 0.3) is 0 Å². The molecule has 3 rings (SSSR count). The predicted octanol–water partition coefficient (Wildman–Crippen LogP) is 3.47. The molecule has 0 spiro atoms. The Bertz CT molecular complexity index is 674. The Hall–Kier alpha value is -1.55. The zero-order valence-corrected chi connectivity index (χ0v) is 13.8. The van der Waals surface area contributed by atoms with Crippen LogP contribution in [-0.2, 0) is 12.8 Å². The molecule has 122 valence electrons. The average Bonchev–Trinajstić information content (AvgIpc) is 2.55. The fraction of sp³-hybridized carbons (Fsp3) is 0.368. The van der Waals surface area contributed by atoms with E-state index in [0.717, 1.165) is 36.9 Å². The van der Waals surface area contributed by atoms with Crippen LogP contribution < -0.4 is 5.32 Å². The molecule has 2 unspecified atom stereocenters. The van der Waals surface area contributed by atoms with Crippen LogP contribution in [0.25, 0.3) is 0 Å². The number of nitrogens with one attached hydrogen (secondary N) is 1. The summed E-state index contributed by atoms with van der Waals surface area (Å²) in [5.74, 6) is 0.897. The van der Waals surface area contributed by atoms with E-state index in [2.05, 4.69) is 11.4 Å². The number of benzene rings is 2. The minimum atomic E-state index is -0.557. The molecule has 0 aromatic heterocycles. The normalized spacial score (nSPS) is 18.4. The third-order valence-corrected chi connectivity index (χ3v) is 4.80. The number of fused-ring (bicyclic) bond motifs is 1. The highest BCUT2D eigenvalue weighted by Gasteiger charge is 2.21. The number of phenols is 1. The zero-order chi connectivity index (χ0) is 16.2. The van der Waals surface area contributed by atoms with E-state index in [-0.39, 0.29) is 0 Å². The van der Waals surface area contributed by atoms with Crippen molar-refractivity contribution >= 4 is 11.6 Å². The first kappa shape index (κ1) is 16.3. The second-order valence-corrected chi connectivity index (χ2v) is 6.69. The van der Waals surface area contributed by atoms with Crippen molar-refractivity contribution in [2.24, 2.45) is 5.92 Å². The number of hydrogen-bond donors (Lipinski definition) is 3. The highest BCUT2D eigenvalue weighted by atomic mass is 35.5. The summed E-state index contributed by atoms with van der Waals surface area (Å²) in [7, 11) is 0. The van der Waals surface area contributed by atoms with E-state index in [1.807, 2.05) is 18.2 Å². The van der Waals surface area contributed by atoms with Crippen molar-refractivity contribution in [1.29, 1.82) is 0 Å². The van der Waals surface area contributed by atoms with Gasteiger partial charge in [0.1, 0.15) is 5.75 Å². The van der Waals surface area contributed by atoms with E-state index < -0.39 is 6.10 Å². The molecule has 2 atom stereocenters. The first-order valence-corrected chi connectivity index (χ1v) is 8.45. The standard InChI is InChI=1S/C19H22ClNO2/c20-16-5-1-4-15(10-16)19(23)12-21-11-13-7-8-14-3-2-6-18(22)17(14)9-13/h1-6,10,13,19,21-23H,7-9,11-12H2. The highest BCUT2D eigenvalue weighted by Crippen LogP contribution is 2.31. The lowest BCUT2D eigenvalue weighted by molar-refractivity contribution is 0.172. The van der Waals surface area contributed by atoms with Crippen LogP contribution in [0.4, 0.5) is 0 Å². The van der Waals surface area contributed by atoms with Gasteiger partial charge in [0.05, 0.1) is 6.10 Å². The molecule has 0 saturated carbocycles. The van der Waals surface area contributed by atoms with Gasteiger partial charge in [-0.3, -0.25) is 0 Å². The zero-order valence-electron chi connectivity index (χ0n) is 13.0. The van der Waals surface area contributed by atoms with Gasteiger partial charge in [-0.15, -0.1) is 0 Å². The van der Waals surface area contributed by atoms with E-state index >= 15 is 0 Å². The van der Waals surface area contributed by atoms with Gasteiger partial charge in [0, 0.05) is 11.6 Å². The molecule has 0 radical (unpaired) electrons. The maximum absolute atomic E-state index is 10.2. The lowest BCUT2D eigenvalue weighted by atomic mass is 9.83. The Kier molecular flexibility index (Phi) is 5.21. The molecule has 0 amide bonds. The second kappa shape index (κ2) is 7.35. The quantitative estimate of drug-likeness (QED) is 0.786. The average molecular weight is 332 g/mol. The van der Waals surface area contributed by atoms with Crippen molar-refractivity contribution in [3.05, 3.63) is 64.2 Å². The van der Waals surface area contributed by atoms with Crippen molar-refractivity contribution in [2.45, 2.75) is 25.4 Å². The monoisotopic (exact) mass is 331 g/mol.